The van der Waals surface area contributed by atoms with E-state index in [2.05, 4.69) is 16.0 Å². The Morgan fingerprint density at radius 3 is 2.40 bits per heavy atom. The number of nitrogens with one attached hydrogen (secondary N) is 2. The smallest absolute Gasteiger partial charge is 0.273 e. The first-order chi connectivity index (χ1) is 11.6. The number of hydrazine groups is 1. The van der Waals surface area contributed by atoms with E-state index < -0.39 is 23.6 Å². The second-order valence-corrected chi connectivity index (χ2v) is 5.56. The maximum absolute atomic E-state index is 12.6. The third kappa shape index (κ3) is 5.33. The fraction of sp³-hybridized carbons (Fsp3) is 0.312. The number of aryl methyl sites for hydroxylation is 2. The summed E-state index contributed by atoms with van der Waals surface area (Å²) in [6.45, 7) is 3.50. The zero-order chi connectivity index (χ0) is 18.6. The molecule has 2 N–H and O–H groups in total. The van der Waals surface area contributed by atoms with Crippen LogP contribution in [-0.2, 0) is 28.7 Å². The van der Waals surface area contributed by atoms with Gasteiger partial charge in [-0.05, 0) is 31.5 Å². The minimum atomic E-state index is -4.47. The summed E-state index contributed by atoms with van der Waals surface area (Å²) in [4.78, 5) is 23.6. The first-order valence-corrected chi connectivity index (χ1v) is 7.40. The van der Waals surface area contributed by atoms with Crippen LogP contribution in [0.15, 0.2) is 30.3 Å². The Labute approximate surface area is 142 Å². The molecule has 2 rings (SSSR count). The first kappa shape index (κ1) is 18.5. The van der Waals surface area contributed by atoms with E-state index in [4.69, 9.17) is 0 Å². The molecule has 6 nitrogen and oxygen atoms in total. The van der Waals surface area contributed by atoms with Gasteiger partial charge in [0.25, 0.3) is 5.91 Å². The highest BCUT2D eigenvalue weighted by atomic mass is 19.4. The zero-order valence-corrected chi connectivity index (χ0v) is 13.6. The molecule has 1 heterocycles. The van der Waals surface area contributed by atoms with Crippen LogP contribution in [0.3, 0.4) is 0 Å². The summed E-state index contributed by atoms with van der Waals surface area (Å²) in [5.41, 5.74) is 5.31. The van der Waals surface area contributed by atoms with Crippen LogP contribution >= 0.6 is 0 Å². The quantitative estimate of drug-likeness (QED) is 0.824. The molecular formula is C16H17F3N4O2. The Morgan fingerprint density at radius 2 is 1.80 bits per heavy atom. The molecule has 0 saturated heterocycles. The molecule has 1 aromatic carbocycles. The van der Waals surface area contributed by atoms with Gasteiger partial charge in [-0.2, -0.15) is 18.3 Å². The highest BCUT2D eigenvalue weighted by Crippen LogP contribution is 2.29. The van der Waals surface area contributed by atoms with Gasteiger partial charge in [0.2, 0.25) is 5.91 Å². The molecule has 0 atom stereocenters. The molecule has 0 bridgehead atoms. The second-order valence-electron chi connectivity index (χ2n) is 5.56. The summed E-state index contributed by atoms with van der Waals surface area (Å²) in [6.07, 6.45) is -4.76. The Bertz CT molecular complexity index is 784. The van der Waals surface area contributed by atoms with Crippen LogP contribution in [0, 0.1) is 13.8 Å². The summed E-state index contributed by atoms with van der Waals surface area (Å²) in [5.74, 6) is -1.12. The number of alkyl halides is 3. The molecule has 0 saturated carbocycles. The summed E-state index contributed by atoms with van der Waals surface area (Å²) < 4.78 is 39.4. The van der Waals surface area contributed by atoms with E-state index in [1.165, 1.54) is 16.8 Å². The van der Waals surface area contributed by atoms with Gasteiger partial charge in [0.1, 0.15) is 6.54 Å². The lowest BCUT2D eigenvalue weighted by atomic mass is 10.1. The van der Waals surface area contributed by atoms with E-state index in [-0.39, 0.29) is 18.5 Å². The van der Waals surface area contributed by atoms with Gasteiger partial charge >= 0.3 is 6.18 Å². The van der Waals surface area contributed by atoms with Gasteiger partial charge in [-0.3, -0.25) is 25.1 Å². The lowest BCUT2D eigenvalue weighted by molar-refractivity contribution is -0.137. The van der Waals surface area contributed by atoms with Crippen molar-refractivity contribution in [1.29, 1.82) is 0 Å². The maximum Gasteiger partial charge on any atom is 0.416 e. The molecule has 9 heteroatoms. The number of hydrogen-bond donors (Lipinski definition) is 2. The number of halogens is 3. The number of hydrogen-bond acceptors (Lipinski definition) is 3. The first-order valence-electron chi connectivity index (χ1n) is 7.40. The van der Waals surface area contributed by atoms with E-state index in [1.54, 1.807) is 19.9 Å². The van der Waals surface area contributed by atoms with E-state index in [0.717, 1.165) is 23.5 Å². The van der Waals surface area contributed by atoms with Crippen LogP contribution in [-0.4, -0.2) is 21.6 Å². The molecule has 0 aliphatic carbocycles. The van der Waals surface area contributed by atoms with E-state index in [1.807, 2.05) is 0 Å². The topological polar surface area (TPSA) is 76.0 Å². The van der Waals surface area contributed by atoms with Gasteiger partial charge < -0.3 is 0 Å². The van der Waals surface area contributed by atoms with Crippen LogP contribution < -0.4 is 10.9 Å². The summed E-state index contributed by atoms with van der Waals surface area (Å²) in [7, 11) is 0. The Kier molecular flexibility index (Phi) is 5.45. The molecule has 134 valence electrons. The predicted octanol–water partition coefficient (Wildman–Crippen LogP) is 1.91. The van der Waals surface area contributed by atoms with Crippen molar-refractivity contribution in [3.8, 4) is 0 Å². The number of aromatic nitrogens is 2. The highest BCUT2D eigenvalue weighted by Gasteiger charge is 2.30. The summed E-state index contributed by atoms with van der Waals surface area (Å²) in [5, 5.41) is 4.11. The van der Waals surface area contributed by atoms with Crippen molar-refractivity contribution < 1.29 is 22.8 Å². The lowest BCUT2D eigenvalue weighted by Gasteiger charge is -2.10. The average Bonchev–Trinajstić information content (AvgIpc) is 2.82. The summed E-state index contributed by atoms with van der Waals surface area (Å²) >= 11 is 0. The van der Waals surface area contributed by atoms with Crippen molar-refractivity contribution >= 4 is 11.8 Å². The number of nitrogens with zero attached hydrogens (tertiary/aromatic N) is 2. The van der Waals surface area contributed by atoms with E-state index in [9.17, 15) is 22.8 Å². The molecule has 0 spiro atoms. The van der Waals surface area contributed by atoms with Crippen molar-refractivity contribution in [3.05, 3.63) is 52.8 Å². The maximum atomic E-state index is 12.6. The number of benzene rings is 1. The molecular weight excluding hydrogens is 337 g/mol. The molecule has 25 heavy (non-hydrogen) atoms. The molecule has 0 aliphatic heterocycles. The van der Waals surface area contributed by atoms with E-state index >= 15 is 0 Å². The normalized spacial score (nSPS) is 11.2. The van der Waals surface area contributed by atoms with Crippen molar-refractivity contribution in [2.75, 3.05) is 0 Å². The molecule has 0 fully saturated rings. The molecule has 0 aliphatic rings. The minimum absolute atomic E-state index is 0.0798. The van der Waals surface area contributed by atoms with Crippen molar-refractivity contribution in [2.45, 2.75) is 33.0 Å². The molecule has 2 amide bonds. The number of carbonyl (C=O) groups excluding carboxylic acids is 2. The second kappa shape index (κ2) is 7.37. The van der Waals surface area contributed by atoms with Crippen LogP contribution in [0.25, 0.3) is 0 Å². The zero-order valence-electron chi connectivity index (χ0n) is 13.6. The Morgan fingerprint density at radius 1 is 1.12 bits per heavy atom. The van der Waals surface area contributed by atoms with Crippen molar-refractivity contribution in [3.63, 3.8) is 0 Å². The third-order valence-corrected chi connectivity index (χ3v) is 3.36. The highest BCUT2D eigenvalue weighted by molar-refractivity contribution is 5.83. The Hall–Kier alpha value is -2.84. The molecule has 0 radical (unpaired) electrons. The standard InChI is InChI=1S/C16H17F3N4O2/c1-10-6-11(2)23(22-10)9-15(25)21-20-14(24)8-12-4-3-5-13(7-12)16(17,18)19/h3-7H,8-9H2,1-2H3,(H,20,24)(H,21,25). The SMILES string of the molecule is Cc1cc(C)n(CC(=O)NNC(=O)Cc2cccc(C(F)(F)F)c2)n1. The third-order valence-electron chi connectivity index (χ3n) is 3.36. The fourth-order valence-electron chi connectivity index (χ4n) is 2.24. The van der Waals surface area contributed by atoms with Gasteiger partial charge in [0.05, 0.1) is 17.7 Å². The van der Waals surface area contributed by atoms with Crippen molar-refractivity contribution in [1.82, 2.24) is 20.6 Å². The largest absolute Gasteiger partial charge is 0.416 e. The van der Waals surface area contributed by atoms with Crippen molar-refractivity contribution in [2.24, 2.45) is 0 Å². The Balaban J connectivity index is 1.86. The molecule has 1 aromatic heterocycles. The molecule has 2 aromatic rings. The van der Waals surface area contributed by atoms with Gasteiger partial charge in [0, 0.05) is 5.69 Å². The average molecular weight is 354 g/mol. The molecule has 0 unspecified atom stereocenters. The van der Waals surface area contributed by atoms with Crippen LogP contribution in [0.5, 0.6) is 0 Å². The lowest BCUT2D eigenvalue weighted by Crippen LogP contribution is -2.44. The monoisotopic (exact) mass is 354 g/mol. The van der Waals surface area contributed by atoms with Crippen LogP contribution in [0.4, 0.5) is 13.2 Å². The van der Waals surface area contributed by atoms with Crippen LogP contribution in [0.2, 0.25) is 0 Å². The predicted molar refractivity (Wildman–Crippen MR) is 83.1 cm³/mol. The van der Waals surface area contributed by atoms with Crippen LogP contribution in [0.1, 0.15) is 22.5 Å². The summed E-state index contributed by atoms with van der Waals surface area (Å²) in [6, 6.07) is 6.27. The van der Waals surface area contributed by atoms with E-state index in [0.29, 0.717) is 0 Å². The van der Waals surface area contributed by atoms with Gasteiger partial charge in [0.15, 0.2) is 0 Å². The number of carbonyl (C=O) groups is 2. The van der Waals surface area contributed by atoms with Gasteiger partial charge in [-0.25, -0.2) is 0 Å². The number of rotatable bonds is 4. The van der Waals surface area contributed by atoms with Gasteiger partial charge in [-0.1, -0.05) is 18.2 Å². The number of amides is 2. The minimum Gasteiger partial charge on any atom is -0.273 e. The van der Waals surface area contributed by atoms with Gasteiger partial charge in [-0.15, -0.1) is 0 Å². The fourth-order valence-corrected chi connectivity index (χ4v) is 2.24.